The standard InChI is InChI=1S/C12H19N3O/c1-2-5-15-10-13-7-11(15)8-14-6-3-4-12(16)9-14/h7,10H,2-6,8-9H2,1H3. The van der Waals surface area contributed by atoms with Gasteiger partial charge < -0.3 is 4.57 Å². The Bertz CT molecular complexity index is 359. The molecule has 1 aliphatic heterocycles. The fourth-order valence-electron chi connectivity index (χ4n) is 2.19. The van der Waals surface area contributed by atoms with Gasteiger partial charge in [0.15, 0.2) is 0 Å². The molecule has 2 heterocycles. The van der Waals surface area contributed by atoms with E-state index in [0.717, 1.165) is 38.9 Å². The lowest BCUT2D eigenvalue weighted by atomic mass is 10.1. The largest absolute Gasteiger partial charge is 0.333 e. The van der Waals surface area contributed by atoms with Gasteiger partial charge in [0, 0.05) is 25.7 Å². The van der Waals surface area contributed by atoms with Crippen LogP contribution in [0.5, 0.6) is 0 Å². The lowest BCUT2D eigenvalue weighted by Gasteiger charge is -2.25. The monoisotopic (exact) mass is 221 g/mol. The Morgan fingerprint density at radius 1 is 1.50 bits per heavy atom. The van der Waals surface area contributed by atoms with Crippen molar-refractivity contribution in [1.29, 1.82) is 0 Å². The second-order valence-corrected chi connectivity index (χ2v) is 4.43. The highest BCUT2D eigenvalue weighted by Gasteiger charge is 2.17. The molecule has 4 heteroatoms. The predicted octanol–water partition coefficient (Wildman–Crippen LogP) is 1.46. The van der Waals surface area contributed by atoms with Crippen LogP contribution in [0.15, 0.2) is 12.5 Å². The van der Waals surface area contributed by atoms with Gasteiger partial charge in [0.2, 0.25) is 0 Å². The van der Waals surface area contributed by atoms with E-state index in [2.05, 4.69) is 21.4 Å². The first kappa shape index (κ1) is 11.3. The lowest BCUT2D eigenvalue weighted by molar-refractivity contribution is -0.122. The molecule has 1 aromatic rings. The Morgan fingerprint density at radius 3 is 3.12 bits per heavy atom. The van der Waals surface area contributed by atoms with Gasteiger partial charge in [0.05, 0.1) is 18.6 Å². The van der Waals surface area contributed by atoms with Gasteiger partial charge in [0.25, 0.3) is 0 Å². The van der Waals surface area contributed by atoms with Crippen molar-refractivity contribution in [2.75, 3.05) is 13.1 Å². The molecule has 0 bridgehead atoms. The molecule has 0 N–H and O–H groups in total. The molecule has 88 valence electrons. The van der Waals surface area contributed by atoms with Crippen molar-refractivity contribution in [2.45, 2.75) is 39.3 Å². The van der Waals surface area contributed by atoms with Crippen molar-refractivity contribution in [3.63, 3.8) is 0 Å². The zero-order valence-corrected chi connectivity index (χ0v) is 9.85. The molecule has 1 aliphatic rings. The van der Waals surface area contributed by atoms with E-state index in [1.807, 2.05) is 12.5 Å². The minimum absolute atomic E-state index is 0.368. The zero-order valence-electron chi connectivity index (χ0n) is 9.85. The SMILES string of the molecule is CCCn1cncc1CN1CCCC(=O)C1. The van der Waals surface area contributed by atoms with Crippen molar-refractivity contribution in [2.24, 2.45) is 0 Å². The smallest absolute Gasteiger partial charge is 0.146 e. The molecule has 1 saturated heterocycles. The third-order valence-electron chi connectivity index (χ3n) is 2.98. The van der Waals surface area contributed by atoms with E-state index in [4.69, 9.17) is 0 Å². The number of hydrogen-bond donors (Lipinski definition) is 0. The molecule has 1 fully saturated rings. The van der Waals surface area contributed by atoms with E-state index < -0.39 is 0 Å². The van der Waals surface area contributed by atoms with Crippen LogP contribution in [-0.2, 0) is 17.9 Å². The van der Waals surface area contributed by atoms with Gasteiger partial charge in [-0.25, -0.2) is 4.98 Å². The van der Waals surface area contributed by atoms with Gasteiger partial charge in [-0.3, -0.25) is 9.69 Å². The number of piperidine rings is 1. The molecule has 0 spiro atoms. The summed E-state index contributed by atoms with van der Waals surface area (Å²) in [7, 11) is 0. The third-order valence-corrected chi connectivity index (χ3v) is 2.98. The molecule has 0 unspecified atom stereocenters. The summed E-state index contributed by atoms with van der Waals surface area (Å²) >= 11 is 0. The summed E-state index contributed by atoms with van der Waals surface area (Å²) in [6, 6.07) is 0. The molecule has 16 heavy (non-hydrogen) atoms. The molecular formula is C12H19N3O. The second-order valence-electron chi connectivity index (χ2n) is 4.43. The first-order valence-corrected chi connectivity index (χ1v) is 6.02. The number of carbonyl (C=O) groups excluding carboxylic acids is 1. The average molecular weight is 221 g/mol. The quantitative estimate of drug-likeness (QED) is 0.772. The van der Waals surface area contributed by atoms with E-state index >= 15 is 0 Å². The normalized spacial score (nSPS) is 17.9. The van der Waals surface area contributed by atoms with Crippen LogP contribution >= 0.6 is 0 Å². The number of aromatic nitrogens is 2. The summed E-state index contributed by atoms with van der Waals surface area (Å²) in [5.41, 5.74) is 1.22. The second kappa shape index (κ2) is 5.25. The van der Waals surface area contributed by atoms with Crippen LogP contribution in [0.2, 0.25) is 0 Å². The number of rotatable bonds is 4. The van der Waals surface area contributed by atoms with Crippen LogP contribution in [0.1, 0.15) is 31.9 Å². The number of aryl methyl sites for hydroxylation is 1. The van der Waals surface area contributed by atoms with E-state index in [1.165, 1.54) is 5.69 Å². The molecule has 0 atom stereocenters. The van der Waals surface area contributed by atoms with Gasteiger partial charge in [-0.1, -0.05) is 6.92 Å². The summed E-state index contributed by atoms with van der Waals surface area (Å²) in [6.45, 7) is 5.66. The first-order chi connectivity index (χ1) is 7.79. The number of carbonyl (C=O) groups is 1. The van der Waals surface area contributed by atoms with Crippen LogP contribution in [0, 0.1) is 0 Å². The average Bonchev–Trinajstić information content (AvgIpc) is 2.66. The van der Waals surface area contributed by atoms with Gasteiger partial charge in [-0.15, -0.1) is 0 Å². The summed E-state index contributed by atoms with van der Waals surface area (Å²) in [5.74, 6) is 0.368. The highest BCUT2D eigenvalue weighted by molar-refractivity contribution is 5.81. The number of imidazole rings is 1. The van der Waals surface area contributed by atoms with E-state index in [-0.39, 0.29) is 0 Å². The van der Waals surface area contributed by atoms with Crippen molar-refractivity contribution in [3.8, 4) is 0 Å². The Kier molecular flexibility index (Phi) is 3.72. The molecule has 0 saturated carbocycles. The van der Waals surface area contributed by atoms with Gasteiger partial charge in [0.1, 0.15) is 5.78 Å². The van der Waals surface area contributed by atoms with Crippen molar-refractivity contribution in [1.82, 2.24) is 14.5 Å². The van der Waals surface area contributed by atoms with Crippen molar-refractivity contribution < 1.29 is 4.79 Å². The fraction of sp³-hybridized carbons (Fsp3) is 0.667. The number of ketones is 1. The van der Waals surface area contributed by atoms with Crippen LogP contribution < -0.4 is 0 Å². The van der Waals surface area contributed by atoms with E-state index in [0.29, 0.717) is 12.3 Å². The predicted molar refractivity (Wildman–Crippen MR) is 62.0 cm³/mol. The van der Waals surface area contributed by atoms with Gasteiger partial charge in [-0.05, 0) is 19.4 Å². The summed E-state index contributed by atoms with van der Waals surface area (Å²) in [4.78, 5) is 17.7. The number of hydrogen-bond acceptors (Lipinski definition) is 3. The summed E-state index contributed by atoms with van der Waals surface area (Å²) in [6.07, 6.45) is 6.66. The Balaban J connectivity index is 1.97. The lowest BCUT2D eigenvalue weighted by Crippen LogP contribution is -2.35. The highest BCUT2D eigenvalue weighted by Crippen LogP contribution is 2.11. The molecule has 0 radical (unpaired) electrons. The van der Waals surface area contributed by atoms with Crippen molar-refractivity contribution >= 4 is 5.78 Å². The Morgan fingerprint density at radius 2 is 2.38 bits per heavy atom. The first-order valence-electron chi connectivity index (χ1n) is 6.02. The maximum absolute atomic E-state index is 11.3. The highest BCUT2D eigenvalue weighted by atomic mass is 16.1. The summed E-state index contributed by atoms with van der Waals surface area (Å²) < 4.78 is 2.18. The molecule has 4 nitrogen and oxygen atoms in total. The maximum atomic E-state index is 11.3. The van der Waals surface area contributed by atoms with Crippen LogP contribution in [0.3, 0.4) is 0 Å². The van der Waals surface area contributed by atoms with Crippen LogP contribution in [0.25, 0.3) is 0 Å². The summed E-state index contributed by atoms with van der Waals surface area (Å²) in [5, 5.41) is 0. The van der Waals surface area contributed by atoms with E-state index in [1.54, 1.807) is 0 Å². The fourth-order valence-corrected chi connectivity index (χ4v) is 2.19. The molecule has 0 amide bonds. The molecule has 0 aromatic carbocycles. The van der Waals surface area contributed by atoms with Gasteiger partial charge in [-0.2, -0.15) is 0 Å². The number of Topliss-reactive ketones (excluding diaryl/α,β-unsaturated/α-hetero) is 1. The minimum atomic E-state index is 0.368. The van der Waals surface area contributed by atoms with Gasteiger partial charge >= 0.3 is 0 Å². The molecular weight excluding hydrogens is 202 g/mol. The minimum Gasteiger partial charge on any atom is -0.333 e. The van der Waals surface area contributed by atoms with Crippen LogP contribution in [-0.4, -0.2) is 33.3 Å². The Hall–Kier alpha value is -1.16. The molecule has 2 rings (SSSR count). The maximum Gasteiger partial charge on any atom is 0.146 e. The topological polar surface area (TPSA) is 38.1 Å². The van der Waals surface area contributed by atoms with Crippen molar-refractivity contribution in [3.05, 3.63) is 18.2 Å². The third kappa shape index (κ3) is 2.70. The zero-order chi connectivity index (χ0) is 11.4. The number of nitrogens with zero attached hydrogens (tertiary/aromatic N) is 3. The number of likely N-dealkylation sites (tertiary alicyclic amines) is 1. The van der Waals surface area contributed by atoms with Crippen LogP contribution in [0.4, 0.5) is 0 Å². The molecule has 0 aliphatic carbocycles. The van der Waals surface area contributed by atoms with E-state index in [9.17, 15) is 4.79 Å². The molecule has 1 aromatic heterocycles. The Labute approximate surface area is 96.3 Å².